The molecule has 76 valence electrons. The lowest BCUT2D eigenvalue weighted by atomic mass is 10.00. The summed E-state index contributed by atoms with van der Waals surface area (Å²) >= 11 is 0. The number of carbonyl (C=O) groups excluding carboxylic acids is 1. The summed E-state index contributed by atoms with van der Waals surface area (Å²) < 4.78 is 0. The highest BCUT2D eigenvalue weighted by Crippen LogP contribution is 2.08. The van der Waals surface area contributed by atoms with E-state index in [0.717, 1.165) is 0 Å². The van der Waals surface area contributed by atoms with Gasteiger partial charge in [-0.1, -0.05) is 6.92 Å². The summed E-state index contributed by atoms with van der Waals surface area (Å²) in [5.41, 5.74) is 4.88. The molecule has 14 heavy (non-hydrogen) atoms. The van der Waals surface area contributed by atoms with Gasteiger partial charge in [0, 0.05) is 12.4 Å². The molecule has 0 bridgehead atoms. The highest BCUT2D eigenvalue weighted by molar-refractivity contribution is 5.96. The van der Waals surface area contributed by atoms with Crippen molar-refractivity contribution in [3.63, 3.8) is 0 Å². The Bertz CT molecular complexity index is 310. The van der Waals surface area contributed by atoms with Gasteiger partial charge in [-0.15, -0.1) is 0 Å². The van der Waals surface area contributed by atoms with Crippen LogP contribution in [0.3, 0.4) is 0 Å². The molecular formula is C9H14N4O. The molecule has 0 aromatic carbocycles. The van der Waals surface area contributed by atoms with Gasteiger partial charge >= 0.3 is 0 Å². The van der Waals surface area contributed by atoms with Crippen LogP contribution in [0.4, 0.5) is 5.82 Å². The van der Waals surface area contributed by atoms with Crippen molar-refractivity contribution in [1.82, 2.24) is 9.97 Å². The van der Waals surface area contributed by atoms with Crippen molar-refractivity contribution < 1.29 is 4.79 Å². The Kier molecular flexibility index (Phi) is 3.14. The van der Waals surface area contributed by atoms with Crippen molar-refractivity contribution in [2.24, 2.45) is 5.73 Å². The Balaban J connectivity index is 2.67. The van der Waals surface area contributed by atoms with Gasteiger partial charge in [-0.2, -0.15) is 0 Å². The summed E-state index contributed by atoms with van der Waals surface area (Å²) in [6.45, 7) is 3.54. The Morgan fingerprint density at radius 1 is 1.64 bits per heavy atom. The van der Waals surface area contributed by atoms with Crippen LogP contribution in [0, 0.1) is 0 Å². The van der Waals surface area contributed by atoms with Gasteiger partial charge in [-0.05, 0) is 13.3 Å². The van der Waals surface area contributed by atoms with Gasteiger partial charge in [0.2, 0.25) is 5.91 Å². The predicted molar refractivity (Wildman–Crippen MR) is 53.5 cm³/mol. The molecule has 0 radical (unpaired) electrons. The van der Waals surface area contributed by atoms with Gasteiger partial charge in [0.05, 0.1) is 11.7 Å². The van der Waals surface area contributed by atoms with E-state index >= 15 is 0 Å². The lowest BCUT2D eigenvalue weighted by Crippen LogP contribution is -2.47. The van der Waals surface area contributed by atoms with Crippen LogP contribution < -0.4 is 11.1 Å². The average molecular weight is 194 g/mol. The standard InChI is InChI=1S/C9H14N4O/c1-3-9(2,10)8(14)13-7-6-11-4-5-12-7/h4-6H,3,10H2,1-2H3,(H,12,13,14). The smallest absolute Gasteiger partial charge is 0.245 e. The summed E-state index contributed by atoms with van der Waals surface area (Å²) in [5.74, 6) is 0.170. The highest BCUT2D eigenvalue weighted by atomic mass is 16.2. The van der Waals surface area contributed by atoms with Crippen LogP contribution in [0.25, 0.3) is 0 Å². The second-order valence-corrected chi connectivity index (χ2v) is 3.32. The second-order valence-electron chi connectivity index (χ2n) is 3.32. The minimum absolute atomic E-state index is 0.250. The second kappa shape index (κ2) is 4.15. The number of anilines is 1. The summed E-state index contributed by atoms with van der Waals surface area (Å²) in [6.07, 6.45) is 5.09. The van der Waals surface area contributed by atoms with Crippen molar-refractivity contribution in [2.45, 2.75) is 25.8 Å². The van der Waals surface area contributed by atoms with Gasteiger partial charge in [0.25, 0.3) is 0 Å². The molecule has 1 aromatic rings. The number of hydrogen-bond acceptors (Lipinski definition) is 4. The number of aromatic nitrogens is 2. The molecule has 0 saturated heterocycles. The number of nitrogens with zero attached hydrogens (tertiary/aromatic N) is 2. The van der Waals surface area contributed by atoms with Crippen LogP contribution in [-0.2, 0) is 4.79 Å². The fourth-order valence-corrected chi connectivity index (χ4v) is 0.783. The monoisotopic (exact) mass is 194 g/mol. The van der Waals surface area contributed by atoms with E-state index in [1.54, 1.807) is 6.92 Å². The van der Waals surface area contributed by atoms with Crippen molar-refractivity contribution in [1.29, 1.82) is 0 Å². The van der Waals surface area contributed by atoms with E-state index < -0.39 is 5.54 Å². The predicted octanol–water partition coefficient (Wildman–Crippen LogP) is 0.542. The number of nitrogens with one attached hydrogen (secondary N) is 1. The number of rotatable bonds is 3. The van der Waals surface area contributed by atoms with E-state index in [2.05, 4.69) is 15.3 Å². The van der Waals surface area contributed by atoms with E-state index in [0.29, 0.717) is 12.2 Å². The van der Waals surface area contributed by atoms with E-state index in [4.69, 9.17) is 5.73 Å². The van der Waals surface area contributed by atoms with E-state index in [1.807, 2.05) is 6.92 Å². The third-order valence-electron chi connectivity index (χ3n) is 2.06. The maximum atomic E-state index is 11.6. The quantitative estimate of drug-likeness (QED) is 0.736. The molecule has 1 heterocycles. The van der Waals surface area contributed by atoms with Crippen molar-refractivity contribution >= 4 is 11.7 Å². The molecule has 5 nitrogen and oxygen atoms in total. The average Bonchev–Trinajstić information content (AvgIpc) is 2.19. The lowest BCUT2D eigenvalue weighted by Gasteiger charge is -2.20. The Morgan fingerprint density at radius 2 is 2.36 bits per heavy atom. The van der Waals surface area contributed by atoms with E-state index in [-0.39, 0.29) is 5.91 Å². The van der Waals surface area contributed by atoms with Crippen LogP contribution in [0.2, 0.25) is 0 Å². The maximum absolute atomic E-state index is 11.6. The Hall–Kier alpha value is -1.49. The molecule has 0 aliphatic heterocycles. The molecule has 1 unspecified atom stereocenters. The van der Waals surface area contributed by atoms with Crippen LogP contribution in [0.15, 0.2) is 18.6 Å². The van der Waals surface area contributed by atoms with Gasteiger partial charge in [0.15, 0.2) is 5.82 Å². The molecule has 0 aliphatic carbocycles. The Labute approximate surface area is 82.7 Å². The molecule has 1 amide bonds. The minimum atomic E-state index is -0.864. The molecule has 0 aliphatic rings. The largest absolute Gasteiger partial charge is 0.318 e. The molecule has 1 aromatic heterocycles. The van der Waals surface area contributed by atoms with Crippen LogP contribution in [0.1, 0.15) is 20.3 Å². The molecule has 0 saturated carbocycles. The first-order chi connectivity index (χ1) is 6.56. The molecule has 1 rings (SSSR count). The van der Waals surface area contributed by atoms with E-state index in [1.165, 1.54) is 18.6 Å². The maximum Gasteiger partial charge on any atom is 0.245 e. The molecule has 0 spiro atoms. The van der Waals surface area contributed by atoms with Crippen LogP contribution in [-0.4, -0.2) is 21.4 Å². The number of hydrogen-bond donors (Lipinski definition) is 2. The number of amides is 1. The molecule has 0 fully saturated rings. The van der Waals surface area contributed by atoms with Crippen molar-refractivity contribution in [3.8, 4) is 0 Å². The van der Waals surface area contributed by atoms with Crippen LogP contribution >= 0.6 is 0 Å². The third-order valence-corrected chi connectivity index (χ3v) is 2.06. The summed E-state index contributed by atoms with van der Waals surface area (Å²) in [4.78, 5) is 19.3. The highest BCUT2D eigenvalue weighted by Gasteiger charge is 2.26. The zero-order chi connectivity index (χ0) is 10.6. The summed E-state index contributed by atoms with van der Waals surface area (Å²) in [7, 11) is 0. The molecule has 5 heteroatoms. The fourth-order valence-electron chi connectivity index (χ4n) is 0.783. The van der Waals surface area contributed by atoms with Gasteiger partial charge in [0.1, 0.15) is 0 Å². The summed E-state index contributed by atoms with van der Waals surface area (Å²) in [5, 5.41) is 2.60. The van der Waals surface area contributed by atoms with Crippen molar-refractivity contribution in [2.75, 3.05) is 5.32 Å². The van der Waals surface area contributed by atoms with Crippen molar-refractivity contribution in [3.05, 3.63) is 18.6 Å². The lowest BCUT2D eigenvalue weighted by molar-refractivity contribution is -0.120. The molecule has 1 atom stereocenters. The fraction of sp³-hybridized carbons (Fsp3) is 0.444. The third kappa shape index (κ3) is 2.50. The normalized spacial score (nSPS) is 14.5. The van der Waals surface area contributed by atoms with Gasteiger partial charge < -0.3 is 11.1 Å². The first kappa shape index (κ1) is 10.6. The number of nitrogens with two attached hydrogens (primary N) is 1. The zero-order valence-electron chi connectivity index (χ0n) is 8.32. The van der Waals surface area contributed by atoms with Crippen LogP contribution in [0.5, 0.6) is 0 Å². The summed E-state index contributed by atoms with van der Waals surface area (Å²) in [6, 6.07) is 0. The number of carbonyl (C=O) groups is 1. The SMILES string of the molecule is CCC(C)(N)C(=O)Nc1cnccn1. The first-order valence-electron chi connectivity index (χ1n) is 4.42. The minimum Gasteiger partial charge on any atom is -0.318 e. The first-order valence-corrected chi connectivity index (χ1v) is 4.42. The van der Waals surface area contributed by atoms with E-state index in [9.17, 15) is 4.79 Å². The zero-order valence-corrected chi connectivity index (χ0v) is 8.32. The topological polar surface area (TPSA) is 80.9 Å². The molecule has 3 N–H and O–H groups in total. The van der Waals surface area contributed by atoms with Gasteiger partial charge in [-0.3, -0.25) is 9.78 Å². The molecular weight excluding hydrogens is 180 g/mol. The van der Waals surface area contributed by atoms with Gasteiger partial charge in [-0.25, -0.2) is 4.98 Å². The Morgan fingerprint density at radius 3 is 2.86 bits per heavy atom.